The monoisotopic (exact) mass is 1160 g/mol. The highest BCUT2D eigenvalue weighted by Gasteiger charge is 2.44. The summed E-state index contributed by atoms with van der Waals surface area (Å²) < 4.78 is 47.1. The molecule has 0 saturated carbocycles. The number of ether oxygens (including phenoxy) is 5. The van der Waals surface area contributed by atoms with Gasteiger partial charge in [-0.05, 0) is 116 Å². The van der Waals surface area contributed by atoms with Crippen LogP contribution in [0.4, 0.5) is 15.8 Å². The van der Waals surface area contributed by atoms with E-state index in [1.165, 1.54) is 12.1 Å². The first-order chi connectivity index (χ1) is 40.6. The summed E-state index contributed by atoms with van der Waals surface area (Å²) in [4.78, 5) is 76.7. The molecule has 8 rings (SSSR count). The number of aliphatic carboxylic acids is 1. The molecule has 0 spiro atoms. The largest absolute Gasteiger partial charge is 0.494 e. The minimum atomic E-state index is -1.25. The van der Waals surface area contributed by atoms with E-state index in [2.05, 4.69) is 26.3 Å². The van der Waals surface area contributed by atoms with Gasteiger partial charge in [-0.3, -0.25) is 39.0 Å². The van der Waals surface area contributed by atoms with Gasteiger partial charge in [-0.25, -0.2) is 9.07 Å². The van der Waals surface area contributed by atoms with Crippen LogP contribution in [0.5, 0.6) is 5.75 Å². The zero-order valence-corrected chi connectivity index (χ0v) is 47.0. The Balaban J connectivity index is 0.746. The van der Waals surface area contributed by atoms with Crippen molar-refractivity contribution >= 4 is 46.9 Å². The zero-order chi connectivity index (χ0) is 59.5. The number of nitrogens with zero attached hydrogens (tertiary/aromatic N) is 5. The van der Waals surface area contributed by atoms with E-state index in [0.29, 0.717) is 136 Å². The van der Waals surface area contributed by atoms with Gasteiger partial charge in [0, 0.05) is 48.3 Å². The maximum Gasteiger partial charge on any atom is 0.305 e. The number of piperidine rings is 1. The Morgan fingerprint density at radius 1 is 0.762 bits per heavy atom. The number of benzene rings is 4. The smallest absolute Gasteiger partial charge is 0.305 e. The van der Waals surface area contributed by atoms with E-state index in [1.807, 2.05) is 67.1 Å². The van der Waals surface area contributed by atoms with E-state index >= 15 is 0 Å². The number of imide groups is 2. The molecule has 1 fully saturated rings. The van der Waals surface area contributed by atoms with Crippen molar-refractivity contribution in [1.82, 2.24) is 29.8 Å². The molecule has 3 atom stereocenters. The first kappa shape index (κ1) is 61.9. The predicted octanol–water partition coefficient (Wildman–Crippen LogP) is 6.50. The van der Waals surface area contributed by atoms with E-state index < -0.39 is 60.1 Å². The number of rotatable bonds is 34. The number of carbonyl (C=O) groups is 6. The number of halogens is 1. The van der Waals surface area contributed by atoms with Gasteiger partial charge in [-0.1, -0.05) is 49.4 Å². The molecule has 2 aliphatic heterocycles. The minimum absolute atomic E-state index is 0.0530. The molecule has 2 aliphatic rings. The highest BCUT2D eigenvalue weighted by molar-refractivity contribution is 6.23. The zero-order valence-electron chi connectivity index (χ0n) is 47.0. The van der Waals surface area contributed by atoms with Gasteiger partial charge >= 0.3 is 5.97 Å². The number of carboxylic acids is 1. The molecule has 23 heteroatoms. The summed E-state index contributed by atoms with van der Waals surface area (Å²) in [5.74, 6) is -3.86. The topological polar surface area (TPSA) is 284 Å². The molecule has 6 aromatic rings. The van der Waals surface area contributed by atoms with Gasteiger partial charge in [0.15, 0.2) is 0 Å². The molecule has 5 amide bonds. The van der Waals surface area contributed by atoms with Gasteiger partial charge in [-0.2, -0.15) is 0 Å². The van der Waals surface area contributed by atoms with Crippen molar-refractivity contribution in [2.45, 2.75) is 96.1 Å². The molecule has 0 aliphatic carbocycles. The Hall–Kier alpha value is -8.19. The highest BCUT2D eigenvalue weighted by Crippen LogP contribution is 2.44. The maximum absolute atomic E-state index is 14.7. The third-order valence-electron chi connectivity index (χ3n) is 14.0. The fraction of sp³-hybridized carbons (Fsp3) is 0.410. The van der Waals surface area contributed by atoms with Crippen LogP contribution in [0.2, 0.25) is 0 Å². The van der Waals surface area contributed by atoms with E-state index in [9.17, 15) is 48.5 Å². The van der Waals surface area contributed by atoms with Crippen molar-refractivity contribution in [3.8, 4) is 28.1 Å². The van der Waals surface area contributed by atoms with E-state index in [4.69, 9.17) is 23.7 Å². The number of anilines is 2. The second-order valence-electron chi connectivity index (χ2n) is 20.6. The molecule has 4 aromatic carbocycles. The molecule has 1 saturated heterocycles. The number of hydrogen-bond donors (Lipinski definition) is 6. The van der Waals surface area contributed by atoms with Gasteiger partial charge in [0.25, 0.3) is 17.7 Å². The number of carbonyl (C=O) groups excluding carboxylic acids is 5. The lowest BCUT2D eigenvalue weighted by atomic mass is 9.94. The van der Waals surface area contributed by atoms with Gasteiger partial charge in [0.1, 0.15) is 17.6 Å². The summed E-state index contributed by atoms with van der Waals surface area (Å²) in [7, 11) is 0. The first-order valence-corrected chi connectivity index (χ1v) is 28.1. The molecular weight excluding hydrogens is 1090 g/mol. The maximum atomic E-state index is 14.7. The molecular formula is C61H71FN8O14. The molecule has 1 unspecified atom stereocenters. The van der Waals surface area contributed by atoms with E-state index in [0.717, 1.165) is 10.6 Å². The fourth-order valence-electron chi connectivity index (χ4n) is 10.1. The van der Waals surface area contributed by atoms with Crippen molar-refractivity contribution < 1.29 is 72.2 Å². The quantitative estimate of drug-likeness (QED) is 0.0186. The average Bonchev–Trinajstić information content (AvgIpc) is 1.89. The summed E-state index contributed by atoms with van der Waals surface area (Å²) in [5.41, 5.74) is 5.93. The number of amides is 5. The minimum Gasteiger partial charge on any atom is -0.494 e. The number of aryl methyl sites for hydroxylation is 1. The van der Waals surface area contributed by atoms with Crippen molar-refractivity contribution in [2.75, 3.05) is 76.6 Å². The van der Waals surface area contributed by atoms with Crippen LogP contribution in [0, 0.1) is 5.82 Å². The Bertz CT molecular complexity index is 3220. The van der Waals surface area contributed by atoms with Crippen molar-refractivity contribution in [3.63, 3.8) is 0 Å². The third kappa shape index (κ3) is 16.8. The second kappa shape index (κ2) is 30.4. The number of carboxylic acid groups (broad SMARTS) is 1. The summed E-state index contributed by atoms with van der Waals surface area (Å²) in [6.07, 6.45) is 0.387. The summed E-state index contributed by atoms with van der Waals surface area (Å²) in [6.45, 7) is 8.43. The molecule has 84 heavy (non-hydrogen) atoms. The summed E-state index contributed by atoms with van der Waals surface area (Å²) >= 11 is 0. The molecule has 0 bridgehead atoms. The number of aliphatic hydroxyl groups is 2. The SMILES string of the molecule is CC(C)c1c(C(=O)Nc2ccccc2)c(-c2cccc(OCCCc3cn(CCOCCOCCOCCOCCNc4ccc5c(c4)C(=O)N(C4CCC(=O)NC4=O)C5=O)nn3)c2)c(-c2ccc(F)cc2)n1CC[C@@H](O)C[C@@H](O)CC(=O)O. The van der Waals surface area contributed by atoms with Crippen LogP contribution >= 0.6 is 0 Å². The number of aromatic nitrogens is 4. The van der Waals surface area contributed by atoms with Crippen LogP contribution < -0.4 is 20.7 Å². The van der Waals surface area contributed by atoms with Gasteiger partial charge in [0.05, 0.1) is 113 Å². The van der Waals surface area contributed by atoms with E-state index in [-0.39, 0.29) is 55.2 Å². The molecule has 22 nitrogen and oxygen atoms in total. The first-order valence-electron chi connectivity index (χ1n) is 28.1. The lowest BCUT2D eigenvalue weighted by Gasteiger charge is -2.27. The number of fused-ring (bicyclic) bond motifs is 1. The van der Waals surface area contributed by atoms with Gasteiger partial charge in [0.2, 0.25) is 11.8 Å². The van der Waals surface area contributed by atoms with Crippen molar-refractivity contribution in [1.29, 1.82) is 0 Å². The Morgan fingerprint density at radius 2 is 1.46 bits per heavy atom. The van der Waals surface area contributed by atoms with Crippen LogP contribution in [0.1, 0.15) is 101 Å². The van der Waals surface area contributed by atoms with Crippen LogP contribution in [0.3, 0.4) is 0 Å². The van der Waals surface area contributed by atoms with Crippen LogP contribution in [0.25, 0.3) is 22.4 Å². The van der Waals surface area contributed by atoms with Crippen molar-refractivity contribution in [2.24, 2.45) is 0 Å². The standard InChI is InChI=1S/C61H71FN8O14/c1-39(2)56-55(59(77)64-43-9-4-3-5-10-43)54(57(40-13-15-42(62)16-14-40)69(56)23-21-46(71)36-47(72)37-53(74)75)41-8-6-12-48(34-41)84-25-7-11-45-38-68(67-66-45)24-27-81-29-31-83-33-32-82-30-28-80-26-22-63-44-17-18-49-50(35-44)61(79)70(60(49)78)51-19-20-52(73)65-58(51)76/h3-6,8-10,12-18,34-35,38-39,46-47,51,63,71-72H,7,11,19-33,36-37H2,1-2H3,(H,64,77)(H,74,75)(H,65,73,76)/t46-,47-,51?/m1/s1. The predicted molar refractivity (Wildman–Crippen MR) is 306 cm³/mol. The number of nitrogens with one attached hydrogen (secondary N) is 3. The Kier molecular flexibility index (Phi) is 22.4. The van der Waals surface area contributed by atoms with Crippen LogP contribution in [0.15, 0.2) is 103 Å². The van der Waals surface area contributed by atoms with Gasteiger partial charge in [-0.15, -0.1) is 5.10 Å². The van der Waals surface area contributed by atoms with E-state index in [1.54, 1.807) is 47.1 Å². The van der Waals surface area contributed by atoms with Crippen LogP contribution in [-0.4, -0.2) is 160 Å². The lowest BCUT2D eigenvalue weighted by Crippen LogP contribution is -2.54. The average molecular weight is 1160 g/mol. The molecule has 446 valence electrons. The lowest BCUT2D eigenvalue weighted by molar-refractivity contribution is -0.140. The summed E-state index contributed by atoms with van der Waals surface area (Å²) in [5, 5.41) is 47.5. The molecule has 2 aromatic heterocycles. The van der Waals surface area contributed by atoms with Crippen molar-refractivity contribution in [3.05, 3.63) is 137 Å². The van der Waals surface area contributed by atoms with Gasteiger partial charge < -0.3 is 54.2 Å². The number of aliphatic hydroxyl groups excluding tert-OH is 2. The normalized spacial score (nSPS) is 14.9. The van der Waals surface area contributed by atoms with Crippen LogP contribution in [-0.2, 0) is 52.8 Å². The highest BCUT2D eigenvalue weighted by atomic mass is 19.1. The Morgan fingerprint density at radius 3 is 2.17 bits per heavy atom. The number of para-hydroxylation sites is 1. The summed E-state index contributed by atoms with van der Waals surface area (Å²) in [6, 6.07) is 26.3. The molecule has 6 N–H and O–H groups in total. The number of hydrogen-bond acceptors (Lipinski definition) is 16. The molecule has 0 radical (unpaired) electrons. The fourth-order valence-corrected chi connectivity index (χ4v) is 10.1. The molecule has 4 heterocycles. The third-order valence-corrected chi connectivity index (χ3v) is 14.0. The Labute approximate surface area is 485 Å². The second-order valence-corrected chi connectivity index (χ2v) is 20.6.